The first-order chi connectivity index (χ1) is 15.9. The van der Waals surface area contributed by atoms with Crippen LogP contribution in [0.25, 0.3) is 0 Å². The van der Waals surface area contributed by atoms with Crippen LogP contribution in [0.15, 0.2) is 34.7 Å². The second kappa shape index (κ2) is 8.99. The number of carbonyl (C=O) groups excluding carboxylic acids is 2. The Labute approximate surface area is 217 Å². The summed E-state index contributed by atoms with van der Waals surface area (Å²) in [5.74, 6) is 1.29. The van der Waals surface area contributed by atoms with Crippen LogP contribution in [-0.4, -0.2) is 36.7 Å². The Morgan fingerprint density at radius 2 is 1.47 bits per heavy atom. The van der Waals surface area contributed by atoms with Crippen molar-refractivity contribution in [1.29, 1.82) is 0 Å². The molecule has 0 saturated heterocycles. The van der Waals surface area contributed by atoms with E-state index in [1.165, 1.54) is 0 Å². The van der Waals surface area contributed by atoms with Crippen LogP contribution in [0.2, 0.25) is 0 Å². The summed E-state index contributed by atoms with van der Waals surface area (Å²) in [6, 6.07) is 4.03. The molecule has 0 aromatic heterocycles. The summed E-state index contributed by atoms with van der Waals surface area (Å²) in [7, 11) is 1.63. The van der Waals surface area contributed by atoms with E-state index in [9.17, 15) is 9.59 Å². The molecular formula is C28H36INO4. The number of ether oxygens (including phenoxy) is 2. The Kier molecular flexibility index (Phi) is 6.68. The van der Waals surface area contributed by atoms with E-state index in [0.29, 0.717) is 30.9 Å². The lowest BCUT2D eigenvalue weighted by Gasteiger charge is -2.49. The summed E-state index contributed by atoms with van der Waals surface area (Å²) in [4.78, 5) is 29.7. The van der Waals surface area contributed by atoms with Crippen molar-refractivity contribution < 1.29 is 19.1 Å². The molecule has 0 radical (unpaired) electrons. The normalized spacial score (nSPS) is 22.1. The standard InChI is InChI=1S/C28H36INO4/c1-8-30-18-12-27(3,4)14-20(31)24(18)23(25-19(30)13-28(5,6)15-21(25)32)16-10-17(29)26(34-9-2)22(11-16)33-7/h10-11,23H,8-9,12-15H2,1-7H3. The molecule has 0 atom stereocenters. The largest absolute Gasteiger partial charge is 0.493 e. The maximum Gasteiger partial charge on any atom is 0.174 e. The van der Waals surface area contributed by atoms with Crippen LogP contribution in [0.4, 0.5) is 0 Å². The third-order valence-corrected chi connectivity index (χ3v) is 8.01. The van der Waals surface area contributed by atoms with Gasteiger partial charge in [-0.15, -0.1) is 0 Å². The van der Waals surface area contributed by atoms with E-state index in [4.69, 9.17) is 9.47 Å². The lowest BCUT2D eigenvalue weighted by Crippen LogP contribution is -2.44. The van der Waals surface area contributed by atoms with Gasteiger partial charge in [-0.1, -0.05) is 27.7 Å². The number of benzene rings is 1. The van der Waals surface area contributed by atoms with Crippen LogP contribution >= 0.6 is 22.6 Å². The number of carbonyl (C=O) groups is 2. The molecule has 2 aliphatic carbocycles. The Morgan fingerprint density at radius 3 is 1.91 bits per heavy atom. The average Bonchev–Trinajstić information content (AvgIpc) is 2.72. The minimum atomic E-state index is -0.363. The number of hydrogen-bond donors (Lipinski definition) is 0. The summed E-state index contributed by atoms with van der Waals surface area (Å²) in [6.45, 7) is 14.0. The van der Waals surface area contributed by atoms with Crippen molar-refractivity contribution in [2.45, 2.75) is 73.1 Å². The number of halogens is 1. The number of Topliss-reactive ketones (excluding diaryl/α,β-unsaturated/α-hetero) is 2. The molecule has 5 nitrogen and oxygen atoms in total. The van der Waals surface area contributed by atoms with Crippen LogP contribution in [0, 0.1) is 14.4 Å². The molecule has 0 saturated carbocycles. The molecule has 6 heteroatoms. The van der Waals surface area contributed by atoms with Gasteiger partial charge >= 0.3 is 0 Å². The molecule has 0 N–H and O–H groups in total. The number of methoxy groups -OCH3 is 1. The minimum absolute atomic E-state index is 0.106. The van der Waals surface area contributed by atoms with Crippen LogP contribution in [-0.2, 0) is 9.59 Å². The SMILES string of the molecule is CCOc1c(I)cc(C2C3=C(CC(C)(C)CC3=O)N(CC)C3=C2C(=O)CC(C)(C)C3)cc1OC. The Hall–Kier alpha value is -1.83. The van der Waals surface area contributed by atoms with E-state index in [-0.39, 0.29) is 28.3 Å². The molecule has 0 spiro atoms. The molecule has 184 valence electrons. The Balaban J connectivity index is 2.00. The van der Waals surface area contributed by atoms with Crippen molar-refractivity contribution in [3.05, 3.63) is 43.8 Å². The maximum atomic E-state index is 13.7. The minimum Gasteiger partial charge on any atom is -0.493 e. The molecule has 34 heavy (non-hydrogen) atoms. The topological polar surface area (TPSA) is 55.8 Å². The zero-order chi connectivity index (χ0) is 25.0. The van der Waals surface area contributed by atoms with E-state index >= 15 is 0 Å². The van der Waals surface area contributed by atoms with Gasteiger partial charge in [0.25, 0.3) is 0 Å². The molecule has 1 aromatic rings. The summed E-state index contributed by atoms with van der Waals surface area (Å²) < 4.78 is 12.5. The molecule has 3 aliphatic rings. The summed E-state index contributed by atoms with van der Waals surface area (Å²) >= 11 is 2.27. The van der Waals surface area contributed by atoms with Gasteiger partial charge in [-0.05, 0) is 77.8 Å². The van der Waals surface area contributed by atoms with Gasteiger partial charge < -0.3 is 14.4 Å². The quantitative estimate of drug-likeness (QED) is 0.379. The summed E-state index contributed by atoms with van der Waals surface area (Å²) in [5.41, 5.74) is 4.52. The predicted octanol–water partition coefficient (Wildman–Crippen LogP) is 6.40. The van der Waals surface area contributed by atoms with Crippen molar-refractivity contribution in [2.75, 3.05) is 20.3 Å². The summed E-state index contributed by atoms with van der Waals surface area (Å²) in [6.07, 6.45) is 2.64. The van der Waals surface area contributed by atoms with E-state index in [1.54, 1.807) is 7.11 Å². The van der Waals surface area contributed by atoms with Crippen molar-refractivity contribution >= 4 is 34.2 Å². The molecule has 0 fully saturated rings. The number of rotatable bonds is 5. The second-order valence-electron chi connectivity index (χ2n) is 11.2. The Bertz CT molecular complexity index is 1060. The van der Waals surface area contributed by atoms with Gasteiger partial charge in [0.15, 0.2) is 23.1 Å². The van der Waals surface area contributed by atoms with E-state index in [1.807, 2.05) is 13.0 Å². The van der Waals surface area contributed by atoms with Crippen molar-refractivity contribution in [3.63, 3.8) is 0 Å². The number of allylic oxidation sites excluding steroid dienone is 4. The number of ketones is 2. The van der Waals surface area contributed by atoms with Crippen molar-refractivity contribution in [2.24, 2.45) is 10.8 Å². The second-order valence-corrected chi connectivity index (χ2v) is 12.4. The van der Waals surface area contributed by atoms with Gasteiger partial charge in [0.05, 0.1) is 17.3 Å². The fourth-order valence-corrected chi connectivity index (χ4v) is 6.73. The highest BCUT2D eigenvalue weighted by atomic mass is 127. The van der Waals surface area contributed by atoms with Crippen LogP contribution in [0.5, 0.6) is 11.5 Å². The third kappa shape index (κ3) is 4.31. The molecule has 1 heterocycles. The van der Waals surface area contributed by atoms with Crippen molar-refractivity contribution in [1.82, 2.24) is 4.90 Å². The fourth-order valence-electron chi connectivity index (χ4n) is 5.95. The van der Waals surface area contributed by atoms with Crippen molar-refractivity contribution in [3.8, 4) is 11.5 Å². The van der Waals surface area contributed by atoms with Gasteiger partial charge in [0.1, 0.15) is 0 Å². The molecule has 4 rings (SSSR count). The van der Waals surface area contributed by atoms with Crippen LogP contribution < -0.4 is 9.47 Å². The zero-order valence-electron chi connectivity index (χ0n) is 21.4. The van der Waals surface area contributed by atoms with Crippen LogP contribution in [0.3, 0.4) is 0 Å². The van der Waals surface area contributed by atoms with Gasteiger partial charge in [-0.2, -0.15) is 0 Å². The number of nitrogens with zero attached hydrogens (tertiary/aromatic N) is 1. The first-order valence-corrected chi connectivity index (χ1v) is 13.3. The highest BCUT2D eigenvalue weighted by Gasteiger charge is 2.48. The zero-order valence-corrected chi connectivity index (χ0v) is 23.6. The van der Waals surface area contributed by atoms with Gasteiger partial charge in [0.2, 0.25) is 0 Å². The first-order valence-electron chi connectivity index (χ1n) is 12.2. The molecule has 0 unspecified atom stereocenters. The molecule has 0 bridgehead atoms. The monoisotopic (exact) mass is 577 g/mol. The number of hydrogen-bond acceptors (Lipinski definition) is 5. The highest BCUT2D eigenvalue weighted by Crippen LogP contribution is 2.55. The first kappa shape index (κ1) is 25.3. The van der Waals surface area contributed by atoms with E-state index in [2.05, 4.69) is 68.2 Å². The molecule has 1 aliphatic heterocycles. The molecule has 0 amide bonds. The smallest absolute Gasteiger partial charge is 0.174 e. The average molecular weight is 578 g/mol. The lowest BCUT2D eigenvalue weighted by molar-refractivity contribution is -0.119. The fraction of sp³-hybridized carbons (Fsp3) is 0.571. The van der Waals surface area contributed by atoms with E-state index in [0.717, 1.165) is 51.1 Å². The Morgan fingerprint density at radius 1 is 0.941 bits per heavy atom. The van der Waals surface area contributed by atoms with Crippen LogP contribution in [0.1, 0.15) is 78.7 Å². The van der Waals surface area contributed by atoms with Gasteiger partial charge in [-0.3, -0.25) is 9.59 Å². The highest BCUT2D eigenvalue weighted by molar-refractivity contribution is 14.1. The van der Waals surface area contributed by atoms with Gasteiger partial charge in [-0.25, -0.2) is 0 Å². The third-order valence-electron chi connectivity index (χ3n) is 7.21. The predicted molar refractivity (Wildman–Crippen MR) is 142 cm³/mol. The molecular weight excluding hydrogens is 541 g/mol. The molecule has 1 aromatic carbocycles. The van der Waals surface area contributed by atoms with E-state index < -0.39 is 0 Å². The maximum absolute atomic E-state index is 13.7. The summed E-state index contributed by atoms with van der Waals surface area (Å²) in [5, 5.41) is 0. The lowest BCUT2D eigenvalue weighted by atomic mass is 9.63. The van der Waals surface area contributed by atoms with Gasteiger partial charge in [0, 0.05) is 47.8 Å².